The minimum atomic E-state index is -0.433. The van der Waals surface area contributed by atoms with E-state index in [-0.39, 0.29) is 5.91 Å². The summed E-state index contributed by atoms with van der Waals surface area (Å²) in [6, 6.07) is 2.82. The van der Waals surface area contributed by atoms with E-state index in [2.05, 4.69) is 4.90 Å². The molecular weight excluding hydrogens is 257 g/mol. The Balaban J connectivity index is 2.80. The lowest BCUT2D eigenvalue weighted by atomic mass is 10.1. The monoisotopic (exact) mass is 281 g/mol. The van der Waals surface area contributed by atoms with E-state index in [9.17, 15) is 9.18 Å². The van der Waals surface area contributed by atoms with Gasteiger partial charge in [0.2, 0.25) is 0 Å². The van der Waals surface area contributed by atoms with Crippen molar-refractivity contribution in [1.82, 2.24) is 9.80 Å². The molecule has 4 nitrogen and oxygen atoms in total. The molecule has 1 aromatic rings. The normalized spacial score (nSPS) is 10.9. The van der Waals surface area contributed by atoms with Crippen molar-refractivity contribution in [1.29, 1.82) is 0 Å². The molecule has 0 aliphatic carbocycles. The Morgan fingerprint density at radius 2 is 1.95 bits per heavy atom. The molecule has 0 radical (unpaired) electrons. The minimum absolute atomic E-state index is 0.170. The maximum Gasteiger partial charge on any atom is 0.254 e. The van der Waals surface area contributed by atoms with E-state index < -0.39 is 5.82 Å². The number of benzene rings is 1. The summed E-state index contributed by atoms with van der Waals surface area (Å²) in [6.45, 7) is 5.69. The Morgan fingerprint density at radius 3 is 2.45 bits per heavy atom. The summed E-state index contributed by atoms with van der Waals surface area (Å²) in [5, 5.41) is 0. The van der Waals surface area contributed by atoms with Crippen LogP contribution in [0.4, 0.5) is 10.1 Å². The van der Waals surface area contributed by atoms with E-state index in [1.165, 1.54) is 6.07 Å². The lowest BCUT2D eigenvalue weighted by Gasteiger charge is -2.22. The molecular formula is C15H24FN3O. The predicted molar refractivity (Wildman–Crippen MR) is 80.3 cm³/mol. The van der Waals surface area contributed by atoms with Crippen molar-refractivity contribution in [2.45, 2.75) is 20.3 Å². The molecule has 0 fully saturated rings. The number of carbonyl (C=O) groups is 1. The standard InChI is InChI=1S/C15H24FN3O/c1-5-19(8-6-7-18(3)4)15(20)12-9-13(16)11(2)14(17)10-12/h9-10H,5-8,17H2,1-4H3. The molecule has 0 aromatic heterocycles. The summed E-state index contributed by atoms with van der Waals surface area (Å²) >= 11 is 0. The zero-order valence-electron chi connectivity index (χ0n) is 12.7. The molecule has 0 aliphatic rings. The number of nitrogen functional groups attached to an aromatic ring is 1. The van der Waals surface area contributed by atoms with Crippen molar-refractivity contribution in [2.24, 2.45) is 0 Å². The van der Waals surface area contributed by atoms with Crippen LogP contribution in [-0.2, 0) is 0 Å². The molecule has 112 valence electrons. The van der Waals surface area contributed by atoms with E-state index in [1.54, 1.807) is 17.9 Å². The van der Waals surface area contributed by atoms with Gasteiger partial charge >= 0.3 is 0 Å². The molecule has 2 N–H and O–H groups in total. The summed E-state index contributed by atoms with van der Waals surface area (Å²) < 4.78 is 13.7. The Labute approximate surface area is 120 Å². The highest BCUT2D eigenvalue weighted by molar-refractivity contribution is 5.95. The van der Waals surface area contributed by atoms with Gasteiger partial charge in [0.1, 0.15) is 5.82 Å². The van der Waals surface area contributed by atoms with Gasteiger partial charge in [0.15, 0.2) is 0 Å². The average molecular weight is 281 g/mol. The van der Waals surface area contributed by atoms with E-state index in [4.69, 9.17) is 5.73 Å². The lowest BCUT2D eigenvalue weighted by molar-refractivity contribution is 0.0759. The average Bonchev–Trinajstić information content (AvgIpc) is 2.39. The zero-order chi connectivity index (χ0) is 15.3. The SMILES string of the molecule is CCN(CCCN(C)C)C(=O)c1cc(N)c(C)c(F)c1. The molecule has 1 rings (SSSR count). The molecule has 5 heteroatoms. The van der Waals surface area contributed by atoms with E-state index in [1.807, 2.05) is 21.0 Å². The number of hydrogen-bond acceptors (Lipinski definition) is 3. The number of hydrogen-bond donors (Lipinski definition) is 1. The van der Waals surface area contributed by atoms with E-state index in [0.29, 0.717) is 29.9 Å². The molecule has 0 aliphatic heterocycles. The van der Waals surface area contributed by atoms with Crippen LogP contribution in [0.3, 0.4) is 0 Å². The summed E-state index contributed by atoms with van der Waals surface area (Å²) in [4.78, 5) is 16.1. The van der Waals surface area contributed by atoms with Gasteiger partial charge in [-0.2, -0.15) is 0 Å². The Kier molecular flexibility index (Phi) is 5.95. The largest absolute Gasteiger partial charge is 0.398 e. The van der Waals surface area contributed by atoms with Crippen molar-refractivity contribution in [3.05, 3.63) is 29.1 Å². The first-order valence-corrected chi connectivity index (χ1v) is 6.86. The molecule has 0 unspecified atom stereocenters. The quantitative estimate of drug-likeness (QED) is 0.813. The molecule has 0 heterocycles. The number of anilines is 1. The fourth-order valence-corrected chi connectivity index (χ4v) is 1.99. The highest BCUT2D eigenvalue weighted by Crippen LogP contribution is 2.19. The van der Waals surface area contributed by atoms with Crippen LogP contribution in [0.25, 0.3) is 0 Å². The van der Waals surface area contributed by atoms with Gasteiger partial charge < -0.3 is 15.5 Å². The van der Waals surface area contributed by atoms with Gasteiger partial charge in [-0.3, -0.25) is 4.79 Å². The third-order valence-electron chi connectivity index (χ3n) is 3.33. The van der Waals surface area contributed by atoms with Crippen LogP contribution in [0.1, 0.15) is 29.3 Å². The Bertz CT molecular complexity index is 451. The number of nitrogens with zero attached hydrogens (tertiary/aromatic N) is 2. The van der Waals surface area contributed by atoms with Crippen LogP contribution < -0.4 is 5.73 Å². The number of halogens is 1. The summed E-state index contributed by atoms with van der Waals surface area (Å²) in [5.74, 6) is -0.602. The second kappa shape index (κ2) is 7.24. The first-order valence-electron chi connectivity index (χ1n) is 6.86. The summed E-state index contributed by atoms with van der Waals surface area (Å²) in [5.41, 5.74) is 6.74. The van der Waals surface area contributed by atoms with Crippen molar-refractivity contribution < 1.29 is 9.18 Å². The Hall–Kier alpha value is -1.62. The van der Waals surface area contributed by atoms with Gasteiger partial charge in [0.25, 0.3) is 5.91 Å². The summed E-state index contributed by atoms with van der Waals surface area (Å²) in [6.07, 6.45) is 0.885. The fraction of sp³-hybridized carbons (Fsp3) is 0.533. The highest BCUT2D eigenvalue weighted by Gasteiger charge is 2.16. The highest BCUT2D eigenvalue weighted by atomic mass is 19.1. The lowest BCUT2D eigenvalue weighted by Crippen LogP contribution is -2.33. The van der Waals surface area contributed by atoms with Gasteiger partial charge in [-0.1, -0.05) is 0 Å². The van der Waals surface area contributed by atoms with Crippen LogP contribution in [-0.4, -0.2) is 49.4 Å². The zero-order valence-corrected chi connectivity index (χ0v) is 12.7. The third-order valence-corrected chi connectivity index (χ3v) is 3.33. The predicted octanol–water partition coefficient (Wildman–Crippen LogP) is 2.13. The van der Waals surface area contributed by atoms with Crippen molar-refractivity contribution in [3.8, 4) is 0 Å². The molecule has 0 bridgehead atoms. The van der Waals surface area contributed by atoms with Crippen LogP contribution in [0.5, 0.6) is 0 Å². The second-order valence-corrected chi connectivity index (χ2v) is 5.21. The fourth-order valence-electron chi connectivity index (χ4n) is 1.99. The molecule has 0 spiro atoms. The number of nitrogens with two attached hydrogens (primary N) is 1. The molecule has 0 saturated carbocycles. The van der Waals surface area contributed by atoms with E-state index >= 15 is 0 Å². The number of carbonyl (C=O) groups excluding carboxylic acids is 1. The molecule has 1 aromatic carbocycles. The van der Waals surface area contributed by atoms with Crippen molar-refractivity contribution in [2.75, 3.05) is 39.5 Å². The van der Waals surface area contributed by atoms with Crippen molar-refractivity contribution in [3.63, 3.8) is 0 Å². The van der Waals surface area contributed by atoms with Crippen LogP contribution in [0.15, 0.2) is 12.1 Å². The smallest absolute Gasteiger partial charge is 0.254 e. The Morgan fingerprint density at radius 1 is 1.30 bits per heavy atom. The topological polar surface area (TPSA) is 49.6 Å². The van der Waals surface area contributed by atoms with Crippen molar-refractivity contribution >= 4 is 11.6 Å². The third kappa shape index (κ3) is 4.20. The van der Waals surface area contributed by atoms with Crippen LogP contribution in [0.2, 0.25) is 0 Å². The maximum absolute atomic E-state index is 13.7. The van der Waals surface area contributed by atoms with Crippen LogP contribution >= 0.6 is 0 Å². The number of rotatable bonds is 6. The molecule has 20 heavy (non-hydrogen) atoms. The maximum atomic E-state index is 13.7. The van der Waals surface area contributed by atoms with Crippen LogP contribution in [0, 0.1) is 12.7 Å². The molecule has 1 amide bonds. The van der Waals surface area contributed by atoms with Gasteiger partial charge in [-0.15, -0.1) is 0 Å². The molecule has 0 saturated heterocycles. The van der Waals surface area contributed by atoms with E-state index in [0.717, 1.165) is 13.0 Å². The minimum Gasteiger partial charge on any atom is -0.398 e. The second-order valence-electron chi connectivity index (χ2n) is 5.21. The van der Waals surface area contributed by atoms with Gasteiger partial charge in [-0.25, -0.2) is 4.39 Å². The van der Waals surface area contributed by atoms with Gasteiger partial charge in [0.05, 0.1) is 0 Å². The number of amides is 1. The first kappa shape index (κ1) is 16.4. The first-order chi connectivity index (χ1) is 9.36. The van der Waals surface area contributed by atoms with Gasteiger partial charge in [0, 0.05) is 29.9 Å². The molecule has 0 atom stereocenters. The summed E-state index contributed by atoms with van der Waals surface area (Å²) in [7, 11) is 3.99. The van der Waals surface area contributed by atoms with Gasteiger partial charge in [-0.05, 0) is 53.0 Å².